The monoisotopic (exact) mass is 256 g/mol. The molecule has 5 heteroatoms. The lowest BCUT2D eigenvalue weighted by Gasteiger charge is -2.00. The molecule has 1 aromatic rings. The molecule has 1 aliphatic rings. The van der Waals surface area contributed by atoms with Crippen LogP contribution in [-0.2, 0) is 4.79 Å². The summed E-state index contributed by atoms with van der Waals surface area (Å²) in [4.78, 5) is 11.3. The van der Waals surface area contributed by atoms with Crippen molar-refractivity contribution >= 4 is 35.3 Å². The van der Waals surface area contributed by atoms with Crippen LogP contribution in [0.15, 0.2) is 23.3 Å². The molecule has 1 saturated carbocycles. The van der Waals surface area contributed by atoms with E-state index in [-0.39, 0.29) is 11.8 Å². The second kappa shape index (κ2) is 4.85. The van der Waals surface area contributed by atoms with Crippen LogP contribution in [0.1, 0.15) is 18.4 Å². The summed E-state index contributed by atoms with van der Waals surface area (Å²) in [6.45, 7) is 0. The lowest BCUT2D eigenvalue weighted by atomic mass is 10.2. The Kier molecular flexibility index (Phi) is 3.46. The first-order valence-corrected chi connectivity index (χ1v) is 5.71. The number of rotatable bonds is 3. The van der Waals surface area contributed by atoms with E-state index in [1.807, 2.05) is 0 Å². The molecule has 0 aromatic heterocycles. The maximum Gasteiger partial charge on any atom is 0.243 e. The van der Waals surface area contributed by atoms with Gasteiger partial charge in [0.1, 0.15) is 0 Å². The Balaban J connectivity index is 2.02. The molecule has 0 heterocycles. The molecule has 84 valence electrons. The molecule has 0 atom stereocenters. The Hall–Kier alpha value is -1.06. The minimum atomic E-state index is -0.0422. The number of carbonyl (C=O) groups is 1. The second-order valence-corrected chi connectivity index (χ2v) is 4.46. The van der Waals surface area contributed by atoms with Gasteiger partial charge in [0.2, 0.25) is 5.91 Å². The molecule has 1 aliphatic carbocycles. The van der Waals surface area contributed by atoms with Crippen LogP contribution in [0.5, 0.6) is 0 Å². The number of hydrazone groups is 1. The molecule has 1 N–H and O–H groups in total. The summed E-state index contributed by atoms with van der Waals surface area (Å²) in [5.41, 5.74) is 3.07. The first-order valence-electron chi connectivity index (χ1n) is 4.95. The third-order valence-electron chi connectivity index (χ3n) is 2.32. The van der Waals surface area contributed by atoms with Crippen LogP contribution in [0.3, 0.4) is 0 Å². The summed E-state index contributed by atoms with van der Waals surface area (Å²) in [5.74, 6) is 0.0956. The van der Waals surface area contributed by atoms with Crippen molar-refractivity contribution in [1.29, 1.82) is 0 Å². The Morgan fingerprint density at radius 3 is 2.56 bits per heavy atom. The fourth-order valence-corrected chi connectivity index (χ4v) is 1.73. The number of carbonyl (C=O) groups excluding carboxylic acids is 1. The van der Waals surface area contributed by atoms with Crippen molar-refractivity contribution in [3.8, 4) is 0 Å². The molecule has 0 bridgehead atoms. The maximum absolute atomic E-state index is 11.3. The van der Waals surface area contributed by atoms with Gasteiger partial charge in [-0.15, -0.1) is 0 Å². The lowest BCUT2D eigenvalue weighted by molar-refractivity contribution is -0.122. The molecule has 0 aliphatic heterocycles. The van der Waals surface area contributed by atoms with Crippen LogP contribution in [0, 0.1) is 5.92 Å². The van der Waals surface area contributed by atoms with Gasteiger partial charge in [-0.3, -0.25) is 4.79 Å². The van der Waals surface area contributed by atoms with Gasteiger partial charge in [-0.2, -0.15) is 5.10 Å². The molecular weight excluding hydrogens is 247 g/mol. The van der Waals surface area contributed by atoms with Crippen LogP contribution in [0.4, 0.5) is 0 Å². The predicted octanol–water partition coefficient (Wildman–Crippen LogP) is 2.85. The topological polar surface area (TPSA) is 41.5 Å². The molecule has 0 unspecified atom stereocenters. The van der Waals surface area contributed by atoms with Gasteiger partial charge in [0.25, 0.3) is 0 Å². The van der Waals surface area contributed by atoms with E-state index in [1.54, 1.807) is 18.2 Å². The molecule has 1 fully saturated rings. The van der Waals surface area contributed by atoms with E-state index in [1.165, 1.54) is 6.21 Å². The fourth-order valence-electron chi connectivity index (χ4n) is 1.23. The second-order valence-electron chi connectivity index (χ2n) is 3.64. The summed E-state index contributed by atoms with van der Waals surface area (Å²) >= 11 is 11.9. The van der Waals surface area contributed by atoms with Gasteiger partial charge in [0, 0.05) is 11.5 Å². The Morgan fingerprint density at radius 1 is 1.38 bits per heavy atom. The average Bonchev–Trinajstić information content (AvgIpc) is 3.05. The number of hydrogen-bond acceptors (Lipinski definition) is 2. The smallest absolute Gasteiger partial charge is 0.243 e. The Bertz CT molecular complexity index is 421. The van der Waals surface area contributed by atoms with Crippen molar-refractivity contribution in [3.63, 3.8) is 0 Å². The summed E-state index contributed by atoms with van der Waals surface area (Å²) in [6.07, 6.45) is 3.37. The predicted molar refractivity (Wildman–Crippen MR) is 64.9 cm³/mol. The van der Waals surface area contributed by atoms with Gasteiger partial charge >= 0.3 is 0 Å². The molecule has 3 nitrogen and oxygen atoms in total. The highest BCUT2D eigenvalue weighted by Gasteiger charge is 2.29. The highest BCUT2D eigenvalue weighted by Crippen LogP contribution is 2.28. The number of amides is 1. The minimum absolute atomic E-state index is 0.0422. The summed E-state index contributed by atoms with van der Waals surface area (Å²) in [7, 11) is 0. The minimum Gasteiger partial charge on any atom is -0.273 e. The van der Waals surface area contributed by atoms with Crippen molar-refractivity contribution in [2.45, 2.75) is 12.8 Å². The number of hydrogen-bond donors (Lipinski definition) is 1. The molecule has 1 aromatic carbocycles. The van der Waals surface area contributed by atoms with Crippen molar-refractivity contribution in [3.05, 3.63) is 33.8 Å². The largest absolute Gasteiger partial charge is 0.273 e. The average molecular weight is 257 g/mol. The van der Waals surface area contributed by atoms with Crippen molar-refractivity contribution in [1.82, 2.24) is 5.43 Å². The Morgan fingerprint density at radius 2 is 2.00 bits per heavy atom. The number of nitrogens with one attached hydrogen (secondary N) is 1. The van der Waals surface area contributed by atoms with Gasteiger partial charge in [-0.1, -0.05) is 29.3 Å². The molecule has 0 saturated heterocycles. The SMILES string of the molecule is O=C(NN=Cc1c(Cl)cccc1Cl)C1CC1. The van der Waals surface area contributed by atoms with Crippen LogP contribution in [0.25, 0.3) is 0 Å². The van der Waals surface area contributed by atoms with Crippen molar-refractivity contribution < 1.29 is 4.79 Å². The zero-order chi connectivity index (χ0) is 11.5. The van der Waals surface area contributed by atoms with Gasteiger partial charge < -0.3 is 0 Å². The molecule has 2 rings (SSSR count). The van der Waals surface area contributed by atoms with E-state index in [4.69, 9.17) is 23.2 Å². The molecule has 1 amide bonds. The maximum atomic E-state index is 11.3. The van der Waals surface area contributed by atoms with Crippen LogP contribution < -0.4 is 5.43 Å². The first kappa shape index (κ1) is 11.4. The van der Waals surface area contributed by atoms with E-state index in [0.717, 1.165) is 12.8 Å². The highest BCUT2D eigenvalue weighted by atomic mass is 35.5. The van der Waals surface area contributed by atoms with E-state index in [2.05, 4.69) is 10.5 Å². The molecule has 0 spiro atoms. The molecular formula is C11H10Cl2N2O. The molecule has 16 heavy (non-hydrogen) atoms. The quantitative estimate of drug-likeness (QED) is 0.656. The van der Waals surface area contributed by atoms with E-state index < -0.39 is 0 Å². The third-order valence-corrected chi connectivity index (χ3v) is 2.98. The normalized spacial score (nSPS) is 15.4. The molecule has 0 radical (unpaired) electrons. The van der Waals surface area contributed by atoms with Crippen LogP contribution >= 0.6 is 23.2 Å². The Labute approximate surface area is 103 Å². The van der Waals surface area contributed by atoms with Crippen LogP contribution in [-0.4, -0.2) is 12.1 Å². The summed E-state index contributed by atoms with van der Waals surface area (Å²) in [6, 6.07) is 5.19. The van der Waals surface area contributed by atoms with Crippen molar-refractivity contribution in [2.75, 3.05) is 0 Å². The first-order chi connectivity index (χ1) is 7.68. The van der Waals surface area contributed by atoms with Gasteiger partial charge in [0.15, 0.2) is 0 Å². The van der Waals surface area contributed by atoms with E-state index >= 15 is 0 Å². The van der Waals surface area contributed by atoms with Gasteiger partial charge in [0.05, 0.1) is 16.3 Å². The van der Waals surface area contributed by atoms with Crippen LogP contribution in [0.2, 0.25) is 10.0 Å². The summed E-state index contributed by atoms with van der Waals surface area (Å²) in [5, 5.41) is 4.85. The van der Waals surface area contributed by atoms with E-state index in [9.17, 15) is 4.79 Å². The third kappa shape index (κ3) is 2.74. The number of benzene rings is 1. The number of halogens is 2. The van der Waals surface area contributed by atoms with E-state index in [0.29, 0.717) is 15.6 Å². The summed E-state index contributed by atoms with van der Waals surface area (Å²) < 4.78 is 0. The lowest BCUT2D eigenvalue weighted by Crippen LogP contribution is -2.19. The van der Waals surface area contributed by atoms with Crippen molar-refractivity contribution in [2.24, 2.45) is 11.0 Å². The fraction of sp³-hybridized carbons (Fsp3) is 0.273. The standard InChI is InChI=1S/C11H10Cl2N2O/c12-9-2-1-3-10(13)8(9)6-14-15-11(16)7-4-5-7/h1-3,6-7H,4-5H2,(H,15,16). The van der Waals surface area contributed by atoms with Gasteiger partial charge in [-0.05, 0) is 25.0 Å². The highest BCUT2D eigenvalue weighted by molar-refractivity contribution is 6.38. The van der Waals surface area contributed by atoms with Gasteiger partial charge in [-0.25, -0.2) is 5.43 Å². The zero-order valence-electron chi connectivity index (χ0n) is 8.41. The zero-order valence-corrected chi connectivity index (χ0v) is 9.92. The number of nitrogens with zero attached hydrogens (tertiary/aromatic N) is 1.